The average molecular weight is 434 g/mol. The Kier molecular flexibility index (Phi) is 5.06. The van der Waals surface area contributed by atoms with Crippen LogP contribution in [0.4, 0.5) is 5.69 Å². The summed E-state index contributed by atoms with van der Waals surface area (Å²) >= 11 is 3.18. The number of hydrogen-bond acceptors (Lipinski definition) is 4. The molecule has 0 bridgehead atoms. The fourth-order valence-corrected chi connectivity index (χ4v) is 5.39. The molecule has 150 valence electrons. The largest absolute Gasteiger partial charge is 0.361 e. The third-order valence-electron chi connectivity index (χ3n) is 5.22. The third-order valence-corrected chi connectivity index (χ3v) is 7.28. The van der Waals surface area contributed by atoms with Gasteiger partial charge in [0.25, 0.3) is 5.91 Å². The molecule has 3 N–H and O–H groups in total. The van der Waals surface area contributed by atoms with Crippen molar-refractivity contribution in [1.82, 2.24) is 10.3 Å². The van der Waals surface area contributed by atoms with Crippen LogP contribution >= 0.6 is 23.1 Å². The molecule has 5 nitrogen and oxygen atoms in total. The van der Waals surface area contributed by atoms with Gasteiger partial charge in [0.15, 0.2) is 0 Å². The summed E-state index contributed by atoms with van der Waals surface area (Å²) in [6, 6.07) is 17.8. The van der Waals surface area contributed by atoms with Gasteiger partial charge in [-0.1, -0.05) is 24.3 Å². The number of hydrogen-bond donors (Lipinski definition) is 3. The first kappa shape index (κ1) is 19.0. The molecule has 0 spiro atoms. The van der Waals surface area contributed by atoms with E-state index in [9.17, 15) is 9.59 Å². The first-order chi connectivity index (χ1) is 14.7. The van der Waals surface area contributed by atoms with Crippen LogP contribution in [0.15, 0.2) is 71.1 Å². The second kappa shape index (κ2) is 8.01. The van der Waals surface area contributed by atoms with Gasteiger partial charge in [-0.2, -0.15) is 0 Å². The van der Waals surface area contributed by atoms with Crippen molar-refractivity contribution in [3.63, 3.8) is 0 Å². The van der Waals surface area contributed by atoms with E-state index in [-0.39, 0.29) is 17.7 Å². The van der Waals surface area contributed by atoms with Gasteiger partial charge in [-0.3, -0.25) is 9.59 Å². The maximum absolute atomic E-state index is 12.9. The minimum atomic E-state index is -0.149. The van der Waals surface area contributed by atoms with E-state index in [0.717, 1.165) is 10.4 Å². The number of aromatic amines is 1. The molecule has 1 aliphatic rings. The fourth-order valence-electron chi connectivity index (χ4n) is 3.76. The molecule has 0 saturated carbocycles. The Morgan fingerprint density at radius 3 is 2.90 bits per heavy atom. The van der Waals surface area contributed by atoms with Crippen molar-refractivity contribution in [2.45, 2.75) is 10.8 Å². The van der Waals surface area contributed by atoms with E-state index in [4.69, 9.17) is 0 Å². The molecular formula is C23H19N3O2S2. The van der Waals surface area contributed by atoms with E-state index in [1.807, 2.05) is 36.5 Å². The molecule has 4 aromatic rings. The minimum Gasteiger partial charge on any atom is -0.361 e. The topological polar surface area (TPSA) is 74.0 Å². The highest BCUT2D eigenvalue weighted by atomic mass is 32.2. The number of aromatic nitrogens is 1. The normalized spacial score (nSPS) is 14.2. The van der Waals surface area contributed by atoms with Crippen LogP contribution < -0.4 is 10.6 Å². The molecule has 0 aliphatic carbocycles. The smallest absolute Gasteiger partial charge is 0.251 e. The number of amides is 2. The van der Waals surface area contributed by atoms with Crippen molar-refractivity contribution >= 4 is 51.5 Å². The molecule has 0 radical (unpaired) electrons. The van der Waals surface area contributed by atoms with Crippen LogP contribution in [-0.2, 0) is 4.79 Å². The number of carbonyl (C=O) groups excluding carboxylic acids is 2. The number of nitrogens with one attached hydrogen (secondary N) is 3. The lowest BCUT2D eigenvalue weighted by molar-refractivity contribution is -0.113. The number of thiophene rings is 1. The van der Waals surface area contributed by atoms with Crippen molar-refractivity contribution in [2.24, 2.45) is 0 Å². The number of carbonyl (C=O) groups is 2. The van der Waals surface area contributed by atoms with Crippen LogP contribution in [0.25, 0.3) is 10.9 Å². The average Bonchev–Trinajstić information content (AvgIpc) is 3.44. The Morgan fingerprint density at radius 1 is 1.13 bits per heavy atom. The molecule has 7 heteroatoms. The number of benzene rings is 2. The Hall–Kier alpha value is -3.03. The summed E-state index contributed by atoms with van der Waals surface area (Å²) in [6.07, 6.45) is 2.03. The lowest BCUT2D eigenvalue weighted by atomic mass is 9.96. The van der Waals surface area contributed by atoms with Crippen LogP contribution in [0.1, 0.15) is 26.7 Å². The van der Waals surface area contributed by atoms with E-state index in [2.05, 4.69) is 39.2 Å². The highest BCUT2D eigenvalue weighted by molar-refractivity contribution is 8.00. The van der Waals surface area contributed by atoms with Gasteiger partial charge >= 0.3 is 0 Å². The Labute approximate surface area is 181 Å². The van der Waals surface area contributed by atoms with Crippen molar-refractivity contribution in [3.05, 3.63) is 82.2 Å². The minimum absolute atomic E-state index is 0.0397. The van der Waals surface area contributed by atoms with E-state index >= 15 is 0 Å². The highest BCUT2D eigenvalue weighted by Crippen LogP contribution is 2.34. The Balaban J connectivity index is 1.39. The molecule has 30 heavy (non-hydrogen) atoms. The fraction of sp³-hybridized carbons (Fsp3) is 0.130. The summed E-state index contributed by atoms with van der Waals surface area (Å²) in [5.41, 5.74) is 3.50. The standard InChI is InChI=1S/C23H19N3O2S2/c27-22-13-30-21-8-7-14(10-19(21)26-22)23(28)25-12-17(20-6-3-9-29-20)16-11-24-18-5-2-1-4-15(16)18/h1-11,17,24H,12-13H2,(H,25,28)(H,26,27)/t17-/m1/s1. The first-order valence-electron chi connectivity index (χ1n) is 9.63. The third kappa shape index (κ3) is 3.62. The second-order valence-electron chi connectivity index (χ2n) is 7.12. The summed E-state index contributed by atoms with van der Waals surface area (Å²) in [5, 5.41) is 9.16. The summed E-state index contributed by atoms with van der Waals surface area (Å²) in [4.78, 5) is 30.1. The van der Waals surface area contributed by atoms with E-state index < -0.39 is 0 Å². The highest BCUT2D eigenvalue weighted by Gasteiger charge is 2.21. The van der Waals surface area contributed by atoms with Gasteiger partial charge in [0.05, 0.1) is 11.4 Å². The maximum Gasteiger partial charge on any atom is 0.251 e. The Bertz CT molecular complexity index is 1230. The molecule has 0 saturated heterocycles. The predicted octanol–water partition coefficient (Wildman–Crippen LogP) is 4.84. The number of thioether (sulfide) groups is 1. The van der Waals surface area contributed by atoms with E-state index in [1.54, 1.807) is 17.4 Å². The predicted molar refractivity (Wildman–Crippen MR) is 123 cm³/mol. The zero-order valence-corrected chi connectivity index (χ0v) is 17.6. The van der Waals surface area contributed by atoms with Gasteiger partial charge in [0, 0.05) is 44.9 Å². The van der Waals surface area contributed by atoms with Crippen LogP contribution in [0.3, 0.4) is 0 Å². The summed E-state index contributed by atoms with van der Waals surface area (Å²) in [6.45, 7) is 0.486. The molecule has 2 amide bonds. The van der Waals surface area contributed by atoms with Crippen LogP contribution in [0.2, 0.25) is 0 Å². The molecule has 2 aromatic carbocycles. The summed E-state index contributed by atoms with van der Waals surface area (Å²) < 4.78 is 0. The van der Waals surface area contributed by atoms with Gasteiger partial charge in [0.2, 0.25) is 5.91 Å². The first-order valence-corrected chi connectivity index (χ1v) is 11.5. The maximum atomic E-state index is 12.9. The molecule has 1 aliphatic heterocycles. The van der Waals surface area contributed by atoms with Gasteiger partial charge in [0.1, 0.15) is 0 Å². The molecule has 2 aromatic heterocycles. The number of anilines is 1. The van der Waals surface area contributed by atoms with Gasteiger partial charge < -0.3 is 15.6 Å². The second-order valence-corrected chi connectivity index (χ2v) is 9.11. The molecule has 0 unspecified atom stereocenters. The number of H-pyrrole nitrogens is 1. The Morgan fingerprint density at radius 2 is 2.03 bits per heavy atom. The van der Waals surface area contributed by atoms with Gasteiger partial charge in [-0.15, -0.1) is 23.1 Å². The van der Waals surface area contributed by atoms with Gasteiger partial charge in [-0.25, -0.2) is 0 Å². The van der Waals surface area contributed by atoms with Crippen LogP contribution in [0, 0.1) is 0 Å². The number of fused-ring (bicyclic) bond motifs is 2. The lowest BCUT2D eigenvalue weighted by Crippen LogP contribution is -2.29. The van der Waals surface area contributed by atoms with Crippen molar-refractivity contribution in [3.8, 4) is 0 Å². The molecule has 0 fully saturated rings. The lowest BCUT2D eigenvalue weighted by Gasteiger charge is -2.18. The summed E-state index contributed by atoms with van der Waals surface area (Å²) in [5.74, 6) is 0.273. The zero-order chi connectivity index (χ0) is 20.5. The number of rotatable bonds is 5. The molecule has 1 atom stereocenters. The SMILES string of the molecule is O=C1CSc2ccc(C(=O)NC[C@@H](c3cccs3)c3c[nH]c4ccccc34)cc2N1. The van der Waals surface area contributed by atoms with Crippen molar-refractivity contribution < 1.29 is 9.59 Å². The molecular weight excluding hydrogens is 414 g/mol. The van der Waals surface area contributed by atoms with E-state index in [1.165, 1.54) is 27.6 Å². The van der Waals surface area contributed by atoms with Crippen LogP contribution in [0.5, 0.6) is 0 Å². The van der Waals surface area contributed by atoms with Crippen molar-refractivity contribution in [2.75, 3.05) is 17.6 Å². The monoisotopic (exact) mass is 433 g/mol. The zero-order valence-electron chi connectivity index (χ0n) is 16.0. The van der Waals surface area contributed by atoms with E-state index in [0.29, 0.717) is 23.5 Å². The molecule has 5 rings (SSSR count). The van der Waals surface area contributed by atoms with Crippen molar-refractivity contribution in [1.29, 1.82) is 0 Å². The van der Waals surface area contributed by atoms with Crippen LogP contribution in [-0.4, -0.2) is 29.1 Å². The quantitative estimate of drug-likeness (QED) is 0.422. The number of para-hydroxylation sites is 1. The summed E-state index contributed by atoms with van der Waals surface area (Å²) in [7, 11) is 0. The molecule has 3 heterocycles. The van der Waals surface area contributed by atoms with Gasteiger partial charge in [-0.05, 0) is 41.3 Å².